The average Bonchev–Trinajstić information content (AvgIpc) is 3.12. The first-order valence-electron chi connectivity index (χ1n) is 8.56. The van der Waals surface area contributed by atoms with Crippen molar-refractivity contribution in [2.45, 2.75) is 12.5 Å². The second-order valence-electron chi connectivity index (χ2n) is 6.37. The number of nitrogens with one attached hydrogen (secondary N) is 2. The van der Waals surface area contributed by atoms with Gasteiger partial charge in [0.1, 0.15) is 15.9 Å². The quantitative estimate of drug-likeness (QED) is 0.725. The van der Waals surface area contributed by atoms with Gasteiger partial charge in [0.25, 0.3) is 5.91 Å². The van der Waals surface area contributed by atoms with Gasteiger partial charge in [-0.15, -0.1) is 0 Å². The highest BCUT2D eigenvalue weighted by Gasteiger charge is 2.24. The third kappa shape index (κ3) is 5.23. The zero-order valence-corrected chi connectivity index (χ0v) is 16.0. The maximum Gasteiger partial charge on any atom is 0.251 e. The van der Waals surface area contributed by atoms with Crippen LogP contribution in [0.25, 0.3) is 0 Å². The number of sulfone groups is 1. The molecule has 28 heavy (non-hydrogen) atoms. The van der Waals surface area contributed by atoms with Gasteiger partial charge in [-0.1, -0.05) is 18.2 Å². The molecule has 0 bridgehead atoms. The Morgan fingerprint density at radius 3 is 2.50 bits per heavy atom. The molecule has 0 spiro atoms. The summed E-state index contributed by atoms with van der Waals surface area (Å²) in [4.78, 5) is 25.1. The Balaban J connectivity index is 1.73. The lowest BCUT2D eigenvalue weighted by Gasteiger charge is -2.18. The third-order valence-electron chi connectivity index (χ3n) is 4.08. The van der Waals surface area contributed by atoms with E-state index in [9.17, 15) is 18.0 Å². The molecule has 1 aliphatic rings. The largest absolute Gasteiger partial charge is 0.454 e. The molecule has 148 valence electrons. The SMILES string of the molecule is CS(=O)(=O)CC[C@H](NC(=O)c1ccccc1)C(=O)Nc1ccc2c(c1)OCO2. The number of carbonyl (C=O) groups is 2. The Kier molecular flexibility index (Phi) is 5.84. The molecule has 8 nitrogen and oxygen atoms in total. The lowest BCUT2D eigenvalue weighted by Crippen LogP contribution is -2.44. The molecule has 3 rings (SSSR count). The van der Waals surface area contributed by atoms with Crippen molar-refractivity contribution in [3.05, 3.63) is 54.1 Å². The fourth-order valence-corrected chi connectivity index (χ4v) is 3.30. The van der Waals surface area contributed by atoms with Gasteiger partial charge in [0.05, 0.1) is 5.75 Å². The van der Waals surface area contributed by atoms with Crippen LogP contribution >= 0.6 is 0 Å². The third-order valence-corrected chi connectivity index (χ3v) is 5.05. The maximum absolute atomic E-state index is 12.7. The monoisotopic (exact) mass is 404 g/mol. The molecule has 0 saturated heterocycles. The smallest absolute Gasteiger partial charge is 0.251 e. The Bertz CT molecular complexity index is 975. The van der Waals surface area contributed by atoms with E-state index in [1.807, 2.05) is 0 Å². The lowest BCUT2D eigenvalue weighted by atomic mass is 10.1. The van der Waals surface area contributed by atoms with Gasteiger partial charge in [-0.2, -0.15) is 0 Å². The Morgan fingerprint density at radius 2 is 1.79 bits per heavy atom. The molecule has 2 aromatic rings. The second-order valence-corrected chi connectivity index (χ2v) is 8.63. The minimum atomic E-state index is -3.30. The zero-order valence-electron chi connectivity index (χ0n) is 15.2. The predicted octanol–water partition coefficient (Wildman–Crippen LogP) is 1.59. The zero-order chi connectivity index (χ0) is 20.1. The molecule has 0 radical (unpaired) electrons. The van der Waals surface area contributed by atoms with E-state index in [-0.39, 0.29) is 19.0 Å². The molecule has 2 N–H and O–H groups in total. The highest BCUT2D eigenvalue weighted by molar-refractivity contribution is 7.90. The highest BCUT2D eigenvalue weighted by Crippen LogP contribution is 2.34. The van der Waals surface area contributed by atoms with Gasteiger partial charge in [-0.05, 0) is 30.7 Å². The van der Waals surface area contributed by atoms with Crippen molar-refractivity contribution in [2.75, 3.05) is 24.1 Å². The Morgan fingerprint density at radius 1 is 1.07 bits per heavy atom. The van der Waals surface area contributed by atoms with Crippen LogP contribution in [0.1, 0.15) is 16.8 Å². The summed E-state index contributed by atoms with van der Waals surface area (Å²) in [6, 6.07) is 12.3. The van der Waals surface area contributed by atoms with Crippen molar-refractivity contribution in [3.8, 4) is 11.5 Å². The van der Waals surface area contributed by atoms with E-state index in [4.69, 9.17) is 9.47 Å². The molecule has 0 saturated carbocycles. The van der Waals surface area contributed by atoms with Crippen LogP contribution in [0, 0.1) is 0 Å². The first-order chi connectivity index (χ1) is 13.3. The number of ether oxygens (including phenoxy) is 2. The van der Waals surface area contributed by atoms with Crippen LogP contribution in [0.3, 0.4) is 0 Å². The first kappa shape index (κ1) is 19.7. The number of hydrogen-bond donors (Lipinski definition) is 2. The number of anilines is 1. The summed E-state index contributed by atoms with van der Waals surface area (Å²) in [5, 5.41) is 5.29. The Hall–Kier alpha value is -3.07. The van der Waals surface area contributed by atoms with Crippen molar-refractivity contribution in [3.63, 3.8) is 0 Å². The molecule has 2 aromatic carbocycles. The van der Waals surface area contributed by atoms with Crippen LogP contribution in [0.15, 0.2) is 48.5 Å². The van der Waals surface area contributed by atoms with Crippen molar-refractivity contribution in [1.29, 1.82) is 0 Å². The summed E-state index contributed by atoms with van der Waals surface area (Å²) in [6.07, 6.45) is 1.03. The molecule has 1 heterocycles. The van der Waals surface area contributed by atoms with Crippen LogP contribution in [0.2, 0.25) is 0 Å². The average molecular weight is 404 g/mol. The van der Waals surface area contributed by atoms with Gasteiger partial charge >= 0.3 is 0 Å². The predicted molar refractivity (Wildman–Crippen MR) is 103 cm³/mol. The first-order valence-corrected chi connectivity index (χ1v) is 10.6. The molecular formula is C19H20N2O6S. The van der Waals surface area contributed by atoms with Crippen molar-refractivity contribution in [2.24, 2.45) is 0 Å². The van der Waals surface area contributed by atoms with E-state index in [1.54, 1.807) is 48.5 Å². The number of benzene rings is 2. The van der Waals surface area contributed by atoms with Crippen LogP contribution in [0.4, 0.5) is 5.69 Å². The standard InChI is InChI=1S/C19H20N2O6S/c1-28(24,25)10-9-15(21-18(22)13-5-3-2-4-6-13)19(23)20-14-7-8-16-17(11-14)27-12-26-16/h2-8,11,15H,9-10,12H2,1H3,(H,20,23)(H,21,22)/t15-/m0/s1. The lowest BCUT2D eigenvalue weighted by molar-refractivity contribution is -0.118. The molecule has 1 aliphatic heterocycles. The fraction of sp³-hybridized carbons (Fsp3) is 0.263. The number of carbonyl (C=O) groups excluding carboxylic acids is 2. The van der Waals surface area contributed by atoms with Gasteiger partial charge in [0.15, 0.2) is 11.5 Å². The van der Waals surface area contributed by atoms with Gasteiger partial charge < -0.3 is 20.1 Å². The van der Waals surface area contributed by atoms with Gasteiger partial charge in [0.2, 0.25) is 12.7 Å². The number of hydrogen-bond acceptors (Lipinski definition) is 6. The van der Waals surface area contributed by atoms with Crippen molar-refractivity contribution < 1.29 is 27.5 Å². The molecule has 0 aliphatic carbocycles. The summed E-state index contributed by atoms with van der Waals surface area (Å²) < 4.78 is 33.5. The second kappa shape index (κ2) is 8.30. The summed E-state index contributed by atoms with van der Waals surface area (Å²) in [5.74, 6) is -0.143. The molecule has 1 atom stereocenters. The van der Waals surface area contributed by atoms with Crippen molar-refractivity contribution >= 4 is 27.3 Å². The van der Waals surface area contributed by atoms with E-state index in [0.717, 1.165) is 6.26 Å². The fourth-order valence-electron chi connectivity index (χ4n) is 2.64. The molecule has 0 unspecified atom stereocenters. The highest BCUT2D eigenvalue weighted by atomic mass is 32.2. The molecule has 0 aromatic heterocycles. The topological polar surface area (TPSA) is 111 Å². The van der Waals surface area contributed by atoms with E-state index in [0.29, 0.717) is 22.7 Å². The van der Waals surface area contributed by atoms with Gasteiger partial charge in [-0.25, -0.2) is 8.42 Å². The minimum absolute atomic E-state index is 0.0478. The van der Waals surface area contributed by atoms with E-state index >= 15 is 0 Å². The van der Waals surface area contributed by atoms with Crippen LogP contribution in [-0.4, -0.2) is 45.1 Å². The van der Waals surface area contributed by atoms with Crippen LogP contribution in [0.5, 0.6) is 11.5 Å². The van der Waals surface area contributed by atoms with Crippen LogP contribution < -0.4 is 20.1 Å². The molecular weight excluding hydrogens is 384 g/mol. The van der Waals surface area contributed by atoms with Gasteiger partial charge in [-0.3, -0.25) is 9.59 Å². The number of rotatable bonds is 7. The van der Waals surface area contributed by atoms with E-state index < -0.39 is 27.7 Å². The normalized spacial score (nSPS) is 13.6. The minimum Gasteiger partial charge on any atom is -0.454 e. The Labute approximate surface area is 162 Å². The molecule has 9 heteroatoms. The van der Waals surface area contributed by atoms with E-state index in [1.165, 1.54) is 0 Å². The molecule has 0 fully saturated rings. The number of fused-ring (bicyclic) bond motifs is 1. The van der Waals surface area contributed by atoms with Gasteiger partial charge in [0, 0.05) is 23.6 Å². The van der Waals surface area contributed by atoms with Crippen LogP contribution in [-0.2, 0) is 14.6 Å². The molecule has 2 amide bonds. The summed E-state index contributed by atoms with van der Waals surface area (Å²) >= 11 is 0. The summed E-state index contributed by atoms with van der Waals surface area (Å²) in [5.41, 5.74) is 0.829. The van der Waals surface area contributed by atoms with E-state index in [2.05, 4.69) is 10.6 Å². The van der Waals surface area contributed by atoms with Crippen molar-refractivity contribution in [1.82, 2.24) is 5.32 Å². The summed E-state index contributed by atoms with van der Waals surface area (Å²) in [7, 11) is -3.30. The maximum atomic E-state index is 12.7. The number of amides is 2. The summed E-state index contributed by atoms with van der Waals surface area (Å²) in [6.45, 7) is 0.108.